The Bertz CT molecular complexity index is 436. The average molecular weight is 310 g/mol. The largest absolute Gasteiger partial charge is 0.371 e. The molecule has 18 heavy (non-hydrogen) atoms. The van der Waals surface area contributed by atoms with Gasteiger partial charge in [0, 0.05) is 28.8 Å². The van der Waals surface area contributed by atoms with E-state index in [2.05, 4.69) is 40.7 Å². The second-order valence-corrected chi connectivity index (χ2v) is 6.39. The minimum Gasteiger partial charge on any atom is -0.371 e. The maximum atomic E-state index is 11.1. The molecule has 0 unspecified atom stereocenters. The molecule has 1 saturated heterocycles. The van der Waals surface area contributed by atoms with Crippen LogP contribution in [-0.4, -0.2) is 19.4 Å². The van der Waals surface area contributed by atoms with Crippen LogP contribution in [0.5, 0.6) is 0 Å². The summed E-state index contributed by atoms with van der Waals surface area (Å²) in [5.74, 6) is 0. The molecule has 0 bridgehead atoms. The second kappa shape index (κ2) is 5.43. The first-order valence-corrected chi connectivity index (χ1v) is 7.37. The first-order chi connectivity index (χ1) is 8.58. The molecule has 1 aromatic rings. The Balaban J connectivity index is 2.19. The third kappa shape index (κ3) is 2.77. The molecular formula is C15H20BrNO. The second-order valence-electron chi connectivity index (χ2n) is 5.47. The van der Waals surface area contributed by atoms with Gasteiger partial charge in [-0.05, 0) is 36.5 Å². The van der Waals surface area contributed by atoms with Crippen molar-refractivity contribution in [3.05, 3.63) is 28.2 Å². The van der Waals surface area contributed by atoms with Crippen LogP contribution in [0, 0.1) is 5.41 Å². The molecule has 98 valence electrons. The van der Waals surface area contributed by atoms with Crippen LogP contribution in [0.3, 0.4) is 0 Å². The molecule has 0 N–H and O–H groups in total. The number of anilines is 1. The highest BCUT2D eigenvalue weighted by atomic mass is 79.9. The molecule has 2 nitrogen and oxygen atoms in total. The standard InChI is InChI=1S/C15H20BrNO/c1-3-15(2)6-8-17(9-7-15)14-10-13(16)5-4-12(14)11-18/h4-5,10-11H,3,6-9H2,1-2H3. The highest BCUT2D eigenvalue weighted by molar-refractivity contribution is 9.10. The SMILES string of the molecule is CCC1(C)CCN(c2cc(Br)ccc2C=O)CC1. The maximum absolute atomic E-state index is 11.1. The molecule has 0 saturated carbocycles. The van der Waals surface area contributed by atoms with Crippen molar-refractivity contribution in [1.82, 2.24) is 0 Å². The van der Waals surface area contributed by atoms with Crippen LogP contribution in [-0.2, 0) is 0 Å². The first-order valence-electron chi connectivity index (χ1n) is 6.58. The van der Waals surface area contributed by atoms with Gasteiger partial charge in [-0.3, -0.25) is 4.79 Å². The van der Waals surface area contributed by atoms with Gasteiger partial charge in [0.05, 0.1) is 0 Å². The molecule has 1 aliphatic heterocycles. The number of rotatable bonds is 3. The van der Waals surface area contributed by atoms with E-state index in [4.69, 9.17) is 0 Å². The third-order valence-corrected chi connectivity index (χ3v) is 4.78. The lowest BCUT2D eigenvalue weighted by Gasteiger charge is -2.40. The third-order valence-electron chi connectivity index (χ3n) is 4.28. The summed E-state index contributed by atoms with van der Waals surface area (Å²) in [4.78, 5) is 13.5. The summed E-state index contributed by atoms with van der Waals surface area (Å²) < 4.78 is 1.03. The van der Waals surface area contributed by atoms with E-state index in [0.29, 0.717) is 5.41 Å². The summed E-state index contributed by atoms with van der Waals surface area (Å²) in [5, 5.41) is 0. The fourth-order valence-corrected chi connectivity index (χ4v) is 2.88. The van der Waals surface area contributed by atoms with Gasteiger partial charge in [-0.25, -0.2) is 0 Å². The van der Waals surface area contributed by atoms with Crippen molar-refractivity contribution in [1.29, 1.82) is 0 Å². The highest BCUT2D eigenvalue weighted by Crippen LogP contribution is 2.36. The van der Waals surface area contributed by atoms with Crippen LogP contribution in [0.1, 0.15) is 43.5 Å². The van der Waals surface area contributed by atoms with Gasteiger partial charge in [-0.15, -0.1) is 0 Å². The van der Waals surface area contributed by atoms with Crippen LogP contribution in [0.15, 0.2) is 22.7 Å². The van der Waals surface area contributed by atoms with Crippen LogP contribution < -0.4 is 4.90 Å². The normalized spacial score (nSPS) is 18.7. The molecule has 0 aliphatic carbocycles. The number of aldehydes is 1. The number of hydrogen-bond acceptors (Lipinski definition) is 2. The molecule has 1 fully saturated rings. The van der Waals surface area contributed by atoms with Crippen molar-refractivity contribution in [3.8, 4) is 0 Å². The summed E-state index contributed by atoms with van der Waals surface area (Å²) >= 11 is 3.49. The van der Waals surface area contributed by atoms with Crippen molar-refractivity contribution in [2.45, 2.75) is 33.1 Å². The van der Waals surface area contributed by atoms with Gasteiger partial charge >= 0.3 is 0 Å². The minimum atomic E-state index is 0.476. The fraction of sp³-hybridized carbons (Fsp3) is 0.533. The Kier molecular flexibility index (Phi) is 4.10. The zero-order valence-electron chi connectivity index (χ0n) is 11.1. The summed E-state index contributed by atoms with van der Waals surface area (Å²) in [6, 6.07) is 5.87. The zero-order chi connectivity index (χ0) is 13.2. The van der Waals surface area contributed by atoms with Crippen molar-refractivity contribution in [2.75, 3.05) is 18.0 Å². The van der Waals surface area contributed by atoms with Gasteiger partial charge in [0.1, 0.15) is 0 Å². The zero-order valence-corrected chi connectivity index (χ0v) is 12.7. The number of nitrogens with zero attached hydrogens (tertiary/aromatic N) is 1. The predicted molar refractivity (Wildman–Crippen MR) is 79.4 cm³/mol. The van der Waals surface area contributed by atoms with Crippen LogP contribution >= 0.6 is 15.9 Å². The minimum absolute atomic E-state index is 0.476. The molecule has 0 amide bonds. The molecule has 1 aromatic carbocycles. The molecule has 1 aliphatic rings. The van der Waals surface area contributed by atoms with Gasteiger partial charge in [0.25, 0.3) is 0 Å². The van der Waals surface area contributed by atoms with E-state index in [1.54, 1.807) is 0 Å². The van der Waals surface area contributed by atoms with E-state index in [1.807, 2.05) is 12.1 Å². The lowest BCUT2D eigenvalue weighted by Crippen LogP contribution is -2.38. The molecule has 0 atom stereocenters. The van der Waals surface area contributed by atoms with Crippen molar-refractivity contribution in [2.24, 2.45) is 5.41 Å². The van der Waals surface area contributed by atoms with E-state index in [9.17, 15) is 4.79 Å². The van der Waals surface area contributed by atoms with E-state index >= 15 is 0 Å². The summed E-state index contributed by atoms with van der Waals surface area (Å²) in [7, 11) is 0. The first kappa shape index (κ1) is 13.6. The summed E-state index contributed by atoms with van der Waals surface area (Å²) in [6.07, 6.45) is 4.60. The van der Waals surface area contributed by atoms with E-state index in [0.717, 1.165) is 35.1 Å². The van der Waals surface area contributed by atoms with E-state index in [-0.39, 0.29) is 0 Å². The smallest absolute Gasteiger partial charge is 0.152 e. The monoisotopic (exact) mass is 309 g/mol. The van der Waals surface area contributed by atoms with Gasteiger partial charge in [-0.2, -0.15) is 0 Å². The summed E-state index contributed by atoms with van der Waals surface area (Å²) in [6.45, 7) is 6.72. The van der Waals surface area contributed by atoms with Gasteiger partial charge < -0.3 is 4.90 Å². The average Bonchev–Trinajstić information content (AvgIpc) is 2.39. The lowest BCUT2D eigenvalue weighted by molar-refractivity contribution is 0.112. The predicted octanol–water partition coefficient (Wildman–Crippen LogP) is 4.28. The molecule has 0 spiro atoms. The van der Waals surface area contributed by atoms with Gasteiger partial charge in [0.15, 0.2) is 6.29 Å². The Morgan fingerprint density at radius 3 is 2.61 bits per heavy atom. The maximum Gasteiger partial charge on any atom is 0.152 e. The number of halogens is 1. The topological polar surface area (TPSA) is 20.3 Å². The quantitative estimate of drug-likeness (QED) is 0.777. The van der Waals surface area contributed by atoms with Crippen molar-refractivity contribution >= 4 is 27.9 Å². The van der Waals surface area contributed by atoms with Crippen LogP contribution in [0.4, 0.5) is 5.69 Å². The Morgan fingerprint density at radius 2 is 2.06 bits per heavy atom. The molecule has 2 rings (SSSR count). The number of carbonyl (C=O) groups is 1. The Hall–Kier alpha value is -0.830. The van der Waals surface area contributed by atoms with E-state index in [1.165, 1.54) is 19.3 Å². The summed E-state index contributed by atoms with van der Waals surface area (Å²) in [5.41, 5.74) is 2.33. The molecule has 1 heterocycles. The molecule has 0 radical (unpaired) electrons. The highest BCUT2D eigenvalue weighted by Gasteiger charge is 2.29. The van der Waals surface area contributed by atoms with Crippen LogP contribution in [0.2, 0.25) is 0 Å². The number of hydrogen-bond donors (Lipinski definition) is 0. The molecule has 3 heteroatoms. The van der Waals surface area contributed by atoms with Crippen LogP contribution in [0.25, 0.3) is 0 Å². The van der Waals surface area contributed by atoms with Crippen molar-refractivity contribution < 1.29 is 4.79 Å². The Morgan fingerprint density at radius 1 is 1.39 bits per heavy atom. The van der Waals surface area contributed by atoms with Gasteiger partial charge in [-0.1, -0.05) is 36.2 Å². The van der Waals surface area contributed by atoms with E-state index < -0.39 is 0 Å². The molecule has 0 aromatic heterocycles. The fourth-order valence-electron chi connectivity index (χ4n) is 2.53. The van der Waals surface area contributed by atoms with Gasteiger partial charge in [0.2, 0.25) is 0 Å². The molecular weight excluding hydrogens is 290 g/mol. The Labute approximate surface area is 117 Å². The lowest BCUT2D eigenvalue weighted by atomic mass is 9.78. The number of benzene rings is 1. The number of piperidine rings is 1. The van der Waals surface area contributed by atoms with Crippen molar-refractivity contribution in [3.63, 3.8) is 0 Å². The number of carbonyl (C=O) groups excluding carboxylic acids is 1.